The monoisotopic (exact) mass is 466 g/mol. The van der Waals surface area contributed by atoms with Crippen molar-refractivity contribution in [1.29, 1.82) is 0 Å². The second kappa shape index (κ2) is 9.35. The molecule has 1 atom stereocenters. The Morgan fingerprint density at radius 1 is 1.00 bits per heavy atom. The third-order valence-corrected chi connectivity index (χ3v) is 7.80. The quantitative estimate of drug-likeness (QED) is 0.549. The zero-order valence-electron chi connectivity index (χ0n) is 18.7. The molecule has 1 amide bonds. The first-order valence-corrected chi connectivity index (χ1v) is 12.4. The van der Waals surface area contributed by atoms with Crippen molar-refractivity contribution in [2.75, 3.05) is 10.8 Å². The highest BCUT2D eigenvalue weighted by Crippen LogP contribution is 2.26. The van der Waals surface area contributed by atoms with Gasteiger partial charge in [0.15, 0.2) is 0 Å². The fourth-order valence-corrected chi connectivity index (χ4v) is 5.54. The van der Waals surface area contributed by atoms with E-state index >= 15 is 0 Å². The molecule has 33 heavy (non-hydrogen) atoms. The number of rotatable bonds is 7. The maximum absolute atomic E-state index is 13.5. The van der Waals surface area contributed by atoms with Crippen molar-refractivity contribution in [1.82, 2.24) is 5.32 Å². The minimum atomic E-state index is -4.04. The van der Waals surface area contributed by atoms with Crippen LogP contribution in [0.2, 0.25) is 0 Å². The van der Waals surface area contributed by atoms with Gasteiger partial charge >= 0.3 is 0 Å². The van der Waals surface area contributed by atoms with Crippen LogP contribution in [0.15, 0.2) is 71.6 Å². The Morgan fingerprint density at radius 3 is 2.36 bits per heavy atom. The van der Waals surface area contributed by atoms with Crippen molar-refractivity contribution in [2.45, 2.75) is 44.0 Å². The molecule has 3 aromatic carbocycles. The van der Waals surface area contributed by atoms with Crippen molar-refractivity contribution in [3.63, 3.8) is 0 Å². The molecule has 1 aliphatic rings. The van der Waals surface area contributed by atoms with Crippen molar-refractivity contribution in [3.8, 4) is 0 Å². The van der Waals surface area contributed by atoms with Gasteiger partial charge in [0, 0.05) is 0 Å². The average Bonchev–Trinajstić information content (AvgIpc) is 3.26. The van der Waals surface area contributed by atoms with Gasteiger partial charge in [-0.25, -0.2) is 12.8 Å². The highest BCUT2D eigenvalue weighted by molar-refractivity contribution is 7.92. The summed E-state index contributed by atoms with van der Waals surface area (Å²) in [7, 11) is -4.04. The van der Waals surface area contributed by atoms with Gasteiger partial charge in [-0.3, -0.25) is 9.10 Å². The van der Waals surface area contributed by atoms with Gasteiger partial charge in [-0.2, -0.15) is 0 Å². The first kappa shape index (κ1) is 23.0. The van der Waals surface area contributed by atoms with Crippen molar-refractivity contribution in [2.24, 2.45) is 0 Å². The van der Waals surface area contributed by atoms with Crippen LogP contribution in [0.3, 0.4) is 0 Å². The summed E-state index contributed by atoms with van der Waals surface area (Å²) in [6.45, 7) is 3.32. The normalized spacial score (nSPS) is 13.9. The molecule has 5 nitrogen and oxygen atoms in total. The van der Waals surface area contributed by atoms with E-state index in [0.29, 0.717) is 0 Å². The van der Waals surface area contributed by atoms with E-state index in [1.54, 1.807) is 12.1 Å². The maximum Gasteiger partial charge on any atom is 0.264 e. The Morgan fingerprint density at radius 2 is 1.67 bits per heavy atom. The molecule has 0 spiro atoms. The Balaban J connectivity index is 1.57. The summed E-state index contributed by atoms with van der Waals surface area (Å²) in [4.78, 5) is 13.0. The molecule has 0 aromatic heterocycles. The minimum absolute atomic E-state index is 0.0666. The number of amides is 1. The SMILES string of the molecule is Cc1ccc(S(=O)(=O)N(CC(=O)N[C@@H](C)c2ccc3c(c2)CCC3)c2ccc(F)cc2)cc1. The standard InChI is InChI=1S/C26H27FN2O3S/c1-18-6-14-25(15-7-18)33(31,32)29(24-12-10-23(27)11-13-24)17-26(30)28-19(2)21-9-8-20-4-3-5-22(20)16-21/h6-16,19H,3-5,17H2,1-2H3,(H,28,30)/t19-/m0/s1. The first-order valence-electron chi connectivity index (χ1n) is 11.0. The van der Waals surface area contributed by atoms with E-state index < -0.39 is 28.3 Å². The van der Waals surface area contributed by atoms with Crippen LogP contribution in [0.5, 0.6) is 0 Å². The Kier molecular flexibility index (Phi) is 6.51. The minimum Gasteiger partial charge on any atom is -0.348 e. The molecule has 0 radical (unpaired) electrons. The average molecular weight is 467 g/mol. The van der Waals surface area contributed by atoms with E-state index in [-0.39, 0.29) is 16.6 Å². The lowest BCUT2D eigenvalue weighted by Gasteiger charge is -2.25. The van der Waals surface area contributed by atoms with Crippen LogP contribution in [-0.4, -0.2) is 20.9 Å². The van der Waals surface area contributed by atoms with Gasteiger partial charge < -0.3 is 5.32 Å². The van der Waals surface area contributed by atoms with E-state index in [2.05, 4.69) is 17.4 Å². The summed E-state index contributed by atoms with van der Waals surface area (Å²) in [5.74, 6) is -0.927. The van der Waals surface area contributed by atoms with Crippen LogP contribution < -0.4 is 9.62 Å². The van der Waals surface area contributed by atoms with Gasteiger partial charge in [0.2, 0.25) is 5.91 Å². The number of sulfonamides is 1. The lowest BCUT2D eigenvalue weighted by atomic mass is 10.0. The molecule has 1 aliphatic carbocycles. The predicted octanol–water partition coefficient (Wildman–Crippen LogP) is 4.70. The second-order valence-corrected chi connectivity index (χ2v) is 10.3. The largest absolute Gasteiger partial charge is 0.348 e. The molecule has 0 saturated heterocycles. The Labute approximate surface area is 194 Å². The number of benzene rings is 3. The molecule has 0 saturated carbocycles. The Bertz CT molecular complexity index is 1260. The van der Waals surface area contributed by atoms with Gasteiger partial charge in [0.05, 0.1) is 16.6 Å². The number of hydrogen-bond acceptors (Lipinski definition) is 3. The Hall–Kier alpha value is -3.19. The number of carbonyl (C=O) groups is 1. The molecule has 4 rings (SSSR count). The van der Waals surface area contributed by atoms with Gasteiger partial charge in [-0.1, -0.05) is 35.9 Å². The molecule has 0 aliphatic heterocycles. The van der Waals surface area contributed by atoms with Crippen LogP contribution in [0.25, 0.3) is 0 Å². The van der Waals surface area contributed by atoms with Crippen molar-refractivity contribution >= 4 is 21.6 Å². The van der Waals surface area contributed by atoms with Crippen LogP contribution in [0.4, 0.5) is 10.1 Å². The van der Waals surface area contributed by atoms with Crippen LogP contribution >= 0.6 is 0 Å². The summed E-state index contributed by atoms with van der Waals surface area (Å²) in [5.41, 5.74) is 4.78. The van der Waals surface area contributed by atoms with E-state index in [9.17, 15) is 17.6 Å². The van der Waals surface area contributed by atoms with Crippen LogP contribution in [-0.2, 0) is 27.7 Å². The summed E-state index contributed by atoms with van der Waals surface area (Å²) < 4.78 is 41.3. The smallest absolute Gasteiger partial charge is 0.264 e. The summed E-state index contributed by atoms with van der Waals surface area (Å²) in [6.07, 6.45) is 3.26. The number of hydrogen-bond donors (Lipinski definition) is 1. The molecule has 7 heteroatoms. The molecule has 0 fully saturated rings. The molecular weight excluding hydrogens is 439 g/mol. The summed E-state index contributed by atoms with van der Waals surface area (Å²) >= 11 is 0. The van der Waals surface area contributed by atoms with Gasteiger partial charge in [-0.15, -0.1) is 0 Å². The van der Waals surface area contributed by atoms with Crippen molar-refractivity contribution < 1.29 is 17.6 Å². The number of halogens is 1. The number of nitrogens with one attached hydrogen (secondary N) is 1. The zero-order chi connectivity index (χ0) is 23.6. The number of carbonyl (C=O) groups excluding carboxylic acids is 1. The van der Waals surface area contributed by atoms with E-state index in [0.717, 1.165) is 34.7 Å². The molecule has 3 aromatic rings. The van der Waals surface area contributed by atoms with Crippen LogP contribution in [0.1, 0.15) is 41.6 Å². The fourth-order valence-electron chi connectivity index (χ4n) is 4.12. The number of aryl methyl sites for hydroxylation is 3. The summed E-state index contributed by atoms with van der Waals surface area (Å²) in [6, 6.07) is 17.4. The molecule has 172 valence electrons. The van der Waals surface area contributed by atoms with Gasteiger partial charge in [0.1, 0.15) is 12.4 Å². The summed E-state index contributed by atoms with van der Waals surface area (Å²) in [5, 5.41) is 2.91. The van der Waals surface area contributed by atoms with Gasteiger partial charge in [-0.05, 0) is 86.2 Å². The van der Waals surface area contributed by atoms with E-state index in [1.165, 1.54) is 47.5 Å². The lowest BCUT2D eigenvalue weighted by molar-refractivity contribution is -0.120. The van der Waals surface area contributed by atoms with E-state index in [1.807, 2.05) is 19.9 Å². The molecular formula is C26H27FN2O3S. The number of nitrogens with zero attached hydrogens (tertiary/aromatic N) is 1. The van der Waals surface area contributed by atoms with Crippen LogP contribution in [0, 0.1) is 12.7 Å². The first-order chi connectivity index (χ1) is 15.7. The third-order valence-electron chi connectivity index (χ3n) is 6.01. The molecule has 0 bridgehead atoms. The highest BCUT2D eigenvalue weighted by atomic mass is 32.2. The molecule has 0 unspecified atom stereocenters. The third kappa shape index (κ3) is 5.09. The topological polar surface area (TPSA) is 66.5 Å². The second-order valence-electron chi connectivity index (χ2n) is 8.47. The number of fused-ring (bicyclic) bond motifs is 1. The van der Waals surface area contributed by atoms with E-state index in [4.69, 9.17) is 0 Å². The zero-order valence-corrected chi connectivity index (χ0v) is 19.5. The lowest BCUT2D eigenvalue weighted by Crippen LogP contribution is -2.41. The fraction of sp³-hybridized carbons (Fsp3) is 0.269. The molecule has 1 N–H and O–H groups in total. The highest BCUT2D eigenvalue weighted by Gasteiger charge is 2.28. The van der Waals surface area contributed by atoms with Gasteiger partial charge in [0.25, 0.3) is 10.0 Å². The number of anilines is 1. The molecule has 0 heterocycles. The predicted molar refractivity (Wildman–Crippen MR) is 127 cm³/mol. The van der Waals surface area contributed by atoms with Crippen molar-refractivity contribution in [3.05, 3.63) is 94.8 Å². The maximum atomic E-state index is 13.5.